The molecule has 0 unspecified atom stereocenters. The van der Waals surface area contributed by atoms with Gasteiger partial charge in [0.05, 0.1) is 0 Å². The van der Waals surface area contributed by atoms with E-state index < -0.39 is 0 Å². The van der Waals surface area contributed by atoms with Gasteiger partial charge in [0.25, 0.3) is 0 Å². The number of hydrogen-bond donors (Lipinski definition) is 0. The smallest absolute Gasteiger partial charge is 0.00671 e. The first-order valence-electron chi connectivity index (χ1n) is 7.48. The number of benzene rings is 4. The van der Waals surface area contributed by atoms with Crippen LogP contribution in [0.15, 0.2) is 54.6 Å². The van der Waals surface area contributed by atoms with Crippen molar-refractivity contribution in [2.75, 3.05) is 0 Å². The molecule has 0 aliphatic rings. The van der Waals surface area contributed by atoms with Gasteiger partial charge in [-0.1, -0.05) is 60.2 Å². The highest BCUT2D eigenvalue weighted by molar-refractivity contribution is 6.16. The quantitative estimate of drug-likeness (QED) is 0.268. The van der Waals surface area contributed by atoms with E-state index in [1.54, 1.807) is 0 Å². The molecule has 0 aliphatic heterocycles. The van der Waals surface area contributed by atoms with Crippen molar-refractivity contribution < 1.29 is 0 Å². The van der Waals surface area contributed by atoms with Crippen molar-refractivity contribution in [3.63, 3.8) is 0 Å². The molecular formula is C21H18. The first-order valence-corrected chi connectivity index (χ1v) is 7.48. The minimum absolute atomic E-state index is 1.32. The molecule has 0 aliphatic carbocycles. The normalized spacial score (nSPS) is 11.6. The summed E-state index contributed by atoms with van der Waals surface area (Å²) in [7, 11) is 0. The van der Waals surface area contributed by atoms with Crippen LogP contribution in [-0.2, 0) is 0 Å². The molecule has 0 N–H and O–H groups in total. The Hall–Kier alpha value is -2.34. The predicted molar refractivity (Wildman–Crippen MR) is 93.2 cm³/mol. The Morgan fingerprint density at radius 2 is 1.33 bits per heavy atom. The first kappa shape index (κ1) is 12.4. The van der Waals surface area contributed by atoms with Gasteiger partial charge in [-0.25, -0.2) is 0 Å². The highest BCUT2D eigenvalue weighted by atomic mass is 14.1. The fourth-order valence-corrected chi connectivity index (χ4v) is 3.56. The Morgan fingerprint density at radius 3 is 2.19 bits per heavy atom. The van der Waals surface area contributed by atoms with Gasteiger partial charge in [0.1, 0.15) is 0 Å². The van der Waals surface area contributed by atoms with Gasteiger partial charge in [0.15, 0.2) is 0 Å². The van der Waals surface area contributed by atoms with Gasteiger partial charge in [0.2, 0.25) is 0 Å². The van der Waals surface area contributed by atoms with Crippen molar-refractivity contribution in [2.45, 2.75) is 20.8 Å². The van der Waals surface area contributed by atoms with E-state index in [-0.39, 0.29) is 0 Å². The van der Waals surface area contributed by atoms with E-state index in [1.807, 2.05) is 0 Å². The highest BCUT2D eigenvalue weighted by Gasteiger charge is 2.11. The van der Waals surface area contributed by atoms with E-state index in [1.165, 1.54) is 49.0 Å². The maximum absolute atomic E-state index is 2.31. The van der Waals surface area contributed by atoms with Gasteiger partial charge < -0.3 is 0 Å². The van der Waals surface area contributed by atoms with E-state index in [4.69, 9.17) is 0 Å². The van der Waals surface area contributed by atoms with Crippen LogP contribution in [0, 0.1) is 20.8 Å². The highest BCUT2D eigenvalue weighted by Crippen LogP contribution is 2.36. The Morgan fingerprint density at radius 1 is 0.571 bits per heavy atom. The number of hydrogen-bond acceptors (Lipinski definition) is 0. The first-order chi connectivity index (χ1) is 10.2. The number of aryl methyl sites for hydroxylation is 3. The van der Waals surface area contributed by atoms with Crippen molar-refractivity contribution in [1.82, 2.24) is 0 Å². The van der Waals surface area contributed by atoms with Crippen molar-refractivity contribution in [3.8, 4) is 0 Å². The Kier molecular flexibility index (Phi) is 2.56. The molecule has 4 rings (SSSR count). The molecule has 102 valence electrons. The van der Waals surface area contributed by atoms with Crippen LogP contribution >= 0.6 is 0 Å². The maximum Gasteiger partial charge on any atom is -0.00671 e. The van der Waals surface area contributed by atoms with Gasteiger partial charge in [-0.2, -0.15) is 0 Å². The molecular weight excluding hydrogens is 252 g/mol. The van der Waals surface area contributed by atoms with E-state index in [9.17, 15) is 0 Å². The zero-order valence-corrected chi connectivity index (χ0v) is 12.7. The van der Waals surface area contributed by atoms with Crippen LogP contribution < -0.4 is 0 Å². The lowest BCUT2D eigenvalue weighted by Crippen LogP contribution is -1.90. The van der Waals surface area contributed by atoms with Gasteiger partial charge in [0, 0.05) is 0 Å². The number of fused-ring (bicyclic) bond motifs is 4. The summed E-state index contributed by atoms with van der Waals surface area (Å²) in [5.74, 6) is 0. The lowest BCUT2D eigenvalue weighted by atomic mass is 9.89. The molecule has 0 saturated heterocycles. The third-order valence-electron chi connectivity index (χ3n) is 4.69. The van der Waals surface area contributed by atoms with Gasteiger partial charge in [-0.05, 0) is 64.2 Å². The monoisotopic (exact) mass is 270 g/mol. The molecule has 0 spiro atoms. The molecule has 0 aromatic heterocycles. The summed E-state index contributed by atoms with van der Waals surface area (Å²) in [4.78, 5) is 0. The van der Waals surface area contributed by atoms with Crippen molar-refractivity contribution in [3.05, 3.63) is 71.3 Å². The fraction of sp³-hybridized carbons (Fsp3) is 0.143. The summed E-state index contributed by atoms with van der Waals surface area (Å²) in [6.07, 6.45) is 0. The molecule has 4 aromatic rings. The standard InChI is InChI=1S/C21H18/c1-13-8-10-17-15(3)21-18(14(2)20(17)12-13)11-9-16-6-4-5-7-19(16)21/h4-12H,1-3H3. The van der Waals surface area contributed by atoms with Crippen LogP contribution in [0.1, 0.15) is 16.7 Å². The molecule has 4 aromatic carbocycles. The Labute approximate surface area is 125 Å². The van der Waals surface area contributed by atoms with Gasteiger partial charge >= 0.3 is 0 Å². The minimum Gasteiger partial charge on any atom is -0.0616 e. The maximum atomic E-state index is 2.31. The van der Waals surface area contributed by atoms with E-state index >= 15 is 0 Å². The second kappa shape index (κ2) is 4.33. The lowest BCUT2D eigenvalue weighted by Gasteiger charge is -2.14. The van der Waals surface area contributed by atoms with Crippen LogP contribution in [0.2, 0.25) is 0 Å². The molecule has 0 heterocycles. The second-order valence-corrected chi connectivity index (χ2v) is 6.01. The van der Waals surface area contributed by atoms with Crippen molar-refractivity contribution in [2.24, 2.45) is 0 Å². The average molecular weight is 270 g/mol. The van der Waals surface area contributed by atoms with Crippen LogP contribution in [0.25, 0.3) is 32.3 Å². The molecule has 0 bridgehead atoms. The molecule has 21 heavy (non-hydrogen) atoms. The molecule has 0 atom stereocenters. The van der Waals surface area contributed by atoms with Gasteiger partial charge in [-0.15, -0.1) is 0 Å². The van der Waals surface area contributed by atoms with E-state index in [2.05, 4.69) is 75.4 Å². The molecule has 0 fully saturated rings. The topological polar surface area (TPSA) is 0 Å². The molecule has 0 nitrogen and oxygen atoms in total. The van der Waals surface area contributed by atoms with Gasteiger partial charge in [-0.3, -0.25) is 0 Å². The van der Waals surface area contributed by atoms with E-state index in [0.717, 1.165) is 0 Å². The van der Waals surface area contributed by atoms with Crippen molar-refractivity contribution >= 4 is 32.3 Å². The SMILES string of the molecule is Cc1ccc2c(C)c3c(ccc4ccccc43)c(C)c2c1. The summed E-state index contributed by atoms with van der Waals surface area (Å²) < 4.78 is 0. The lowest BCUT2D eigenvalue weighted by molar-refractivity contribution is 1.47. The molecule has 0 heteroatoms. The summed E-state index contributed by atoms with van der Waals surface area (Å²) in [5.41, 5.74) is 4.10. The zero-order chi connectivity index (χ0) is 14.6. The number of rotatable bonds is 0. The summed E-state index contributed by atoms with van der Waals surface area (Å²) in [6, 6.07) is 20.0. The van der Waals surface area contributed by atoms with Crippen LogP contribution in [-0.4, -0.2) is 0 Å². The zero-order valence-electron chi connectivity index (χ0n) is 12.7. The molecule has 0 saturated carbocycles. The molecule has 0 radical (unpaired) electrons. The minimum atomic E-state index is 1.32. The Bertz CT molecular complexity index is 1010. The van der Waals surface area contributed by atoms with E-state index in [0.29, 0.717) is 0 Å². The average Bonchev–Trinajstić information content (AvgIpc) is 2.51. The second-order valence-electron chi connectivity index (χ2n) is 6.01. The fourth-order valence-electron chi connectivity index (χ4n) is 3.56. The third-order valence-corrected chi connectivity index (χ3v) is 4.69. The van der Waals surface area contributed by atoms with Crippen molar-refractivity contribution in [1.29, 1.82) is 0 Å². The summed E-state index contributed by atoms with van der Waals surface area (Å²) in [5, 5.41) is 8.22. The van der Waals surface area contributed by atoms with Crippen LogP contribution in [0.3, 0.4) is 0 Å². The third kappa shape index (κ3) is 1.69. The molecule has 0 amide bonds. The van der Waals surface area contributed by atoms with Crippen LogP contribution in [0.4, 0.5) is 0 Å². The summed E-state index contributed by atoms with van der Waals surface area (Å²) >= 11 is 0. The Balaban J connectivity index is 2.35. The largest absolute Gasteiger partial charge is 0.0616 e. The summed E-state index contributed by atoms with van der Waals surface area (Å²) in [6.45, 7) is 6.67. The van der Waals surface area contributed by atoms with Crippen LogP contribution in [0.5, 0.6) is 0 Å². The predicted octanol–water partition coefficient (Wildman–Crippen LogP) is 6.07.